The summed E-state index contributed by atoms with van der Waals surface area (Å²) in [5.74, 6) is 0. The predicted octanol–water partition coefficient (Wildman–Crippen LogP) is 2.80. The van der Waals surface area contributed by atoms with Gasteiger partial charge in [0.05, 0.1) is 6.04 Å². The molecular weight excluding hydrogens is 192 g/mol. The lowest BCUT2D eigenvalue weighted by molar-refractivity contribution is 0.134. The van der Waals surface area contributed by atoms with Gasteiger partial charge < -0.3 is 0 Å². The Morgan fingerprint density at radius 1 is 1.36 bits per heavy atom. The van der Waals surface area contributed by atoms with Crippen molar-refractivity contribution in [2.75, 3.05) is 13.1 Å². The van der Waals surface area contributed by atoms with Gasteiger partial charge in [-0.2, -0.15) is 0 Å². The molecule has 3 heteroatoms. The molecule has 1 aliphatic rings. The molecule has 0 saturated carbocycles. The first kappa shape index (κ1) is 10.1. The third kappa shape index (κ3) is 2.56. The van der Waals surface area contributed by atoms with E-state index < -0.39 is 0 Å². The number of nitrogens with one attached hydrogen (secondary N) is 1. The molecule has 0 amide bonds. The normalized spacial score (nSPS) is 20.9. The monoisotopic (exact) mass is 210 g/mol. The lowest BCUT2D eigenvalue weighted by Gasteiger charge is -2.29. The summed E-state index contributed by atoms with van der Waals surface area (Å²) in [6.45, 7) is 4.64. The Kier molecular flexibility index (Phi) is 3.56. The number of piperidine rings is 1. The van der Waals surface area contributed by atoms with E-state index in [1.54, 1.807) is 0 Å². The summed E-state index contributed by atoms with van der Waals surface area (Å²) >= 11 is 1.83. The quantitative estimate of drug-likeness (QED) is 0.825. The van der Waals surface area contributed by atoms with Gasteiger partial charge in [0.2, 0.25) is 0 Å². The third-order valence-corrected chi connectivity index (χ3v) is 3.76. The predicted molar refractivity (Wildman–Crippen MR) is 61.3 cm³/mol. The van der Waals surface area contributed by atoms with Gasteiger partial charge in [-0.05, 0) is 31.2 Å². The molecule has 1 atom stereocenters. The number of hydrogen-bond acceptors (Lipinski definition) is 3. The summed E-state index contributed by atoms with van der Waals surface area (Å²) < 4.78 is 0. The summed E-state index contributed by atoms with van der Waals surface area (Å²) in [7, 11) is 0. The molecule has 1 saturated heterocycles. The summed E-state index contributed by atoms with van der Waals surface area (Å²) in [6.07, 6.45) is 4.07. The van der Waals surface area contributed by atoms with E-state index in [0.29, 0.717) is 6.04 Å². The number of hydrogen-bond donors (Lipinski definition) is 1. The van der Waals surface area contributed by atoms with E-state index in [1.165, 1.54) is 37.2 Å². The molecule has 2 nitrogen and oxygen atoms in total. The van der Waals surface area contributed by atoms with Gasteiger partial charge in [0.1, 0.15) is 0 Å². The van der Waals surface area contributed by atoms with Crippen LogP contribution in [0.15, 0.2) is 17.5 Å². The van der Waals surface area contributed by atoms with Crippen LogP contribution in [-0.4, -0.2) is 18.1 Å². The molecule has 1 aromatic rings. The van der Waals surface area contributed by atoms with Gasteiger partial charge in [0.15, 0.2) is 0 Å². The van der Waals surface area contributed by atoms with Gasteiger partial charge in [-0.1, -0.05) is 12.5 Å². The van der Waals surface area contributed by atoms with E-state index in [-0.39, 0.29) is 0 Å². The van der Waals surface area contributed by atoms with E-state index in [9.17, 15) is 0 Å². The van der Waals surface area contributed by atoms with Crippen molar-refractivity contribution in [2.45, 2.75) is 32.2 Å². The van der Waals surface area contributed by atoms with E-state index in [4.69, 9.17) is 0 Å². The highest BCUT2D eigenvalue weighted by Gasteiger charge is 2.13. The molecule has 0 aliphatic carbocycles. The Morgan fingerprint density at radius 2 is 2.14 bits per heavy atom. The largest absolute Gasteiger partial charge is 0.247 e. The second-order valence-corrected chi connectivity index (χ2v) is 4.89. The molecule has 1 aliphatic heterocycles. The van der Waals surface area contributed by atoms with Gasteiger partial charge in [0.25, 0.3) is 0 Å². The fourth-order valence-corrected chi connectivity index (χ4v) is 2.63. The minimum atomic E-state index is 0.466. The Labute approximate surface area is 89.9 Å². The van der Waals surface area contributed by atoms with Crippen LogP contribution in [0.1, 0.15) is 37.1 Å². The maximum Gasteiger partial charge on any atom is 0.0529 e. The highest BCUT2D eigenvalue weighted by atomic mass is 32.1. The Bertz CT molecular complexity index is 252. The number of thiophene rings is 1. The van der Waals surface area contributed by atoms with Crippen molar-refractivity contribution in [1.29, 1.82) is 0 Å². The Hall–Kier alpha value is -0.380. The second kappa shape index (κ2) is 4.91. The average Bonchev–Trinajstić information content (AvgIpc) is 2.72. The molecule has 14 heavy (non-hydrogen) atoms. The average molecular weight is 210 g/mol. The van der Waals surface area contributed by atoms with Crippen molar-refractivity contribution in [3.05, 3.63) is 22.4 Å². The first-order valence-electron chi connectivity index (χ1n) is 5.41. The van der Waals surface area contributed by atoms with Crippen LogP contribution < -0.4 is 5.43 Å². The summed E-state index contributed by atoms with van der Waals surface area (Å²) in [5, 5.41) is 4.51. The van der Waals surface area contributed by atoms with Crippen molar-refractivity contribution in [3.63, 3.8) is 0 Å². The molecule has 2 heterocycles. The standard InChI is InChI=1S/C11H18N2S/c1-10(11-6-5-9-14-11)12-13-7-3-2-4-8-13/h5-6,9-10,12H,2-4,7-8H2,1H3. The highest BCUT2D eigenvalue weighted by Crippen LogP contribution is 2.19. The van der Waals surface area contributed by atoms with E-state index in [0.717, 1.165) is 0 Å². The molecule has 78 valence electrons. The van der Waals surface area contributed by atoms with Crippen LogP contribution >= 0.6 is 11.3 Å². The zero-order valence-corrected chi connectivity index (χ0v) is 9.52. The maximum absolute atomic E-state index is 3.56. The number of nitrogens with zero attached hydrogens (tertiary/aromatic N) is 1. The van der Waals surface area contributed by atoms with Gasteiger partial charge >= 0.3 is 0 Å². The second-order valence-electron chi connectivity index (χ2n) is 3.91. The lowest BCUT2D eigenvalue weighted by Crippen LogP contribution is -2.42. The van der Waals surface area contributed by atoms with Crippen molar-refractivity contribution < 1.29 is 0 Å². The molecule has 0 aromatic carbocycles. The molecule has 1 aromatic heterocycles. The van der Waals surface area contributed by atoms with Crippen LogP contribution in [0.2, 0.25) is 0 Å². The summed E-state index contributed by atoms with van der Waals surface area (Å²) in [6, 6.07) is 4.79. The fourth-order valence-electron chi connectivity index (χ4n) is 1.90. The molecule has 0 radical (unpaired) electrons. The molecular formula is C11H18N2S. The van der Waals surface area contributed by atoms with Crippen molar-refractivity contribution in [1.82, 2.24) is 10.4 Å². The molecule has 1 unspecified atom stereocenters. The van der Waals surface area contributed by atoms with Crippen molar-refractivity contribution in [3.8, 4) is 0 Å². The van der Waals surface area contributed by atoms with Crippen LogP contribution in [0.25, 0.3) is 0 Å². The van der Waals surface area contributed by atoms with Crippen LogP contribution in [-0.2, 0) is 0 Å². The minimum absolute atomic E-state index is 0.466. The molecule has 0 bridgehead atoms. The van der Waals surface area contributed by atoms with E-state index >= 15 is 0 Å². The number of rotatable bonds is 3. The summed E-state index contributed by atoms with van der Waals surface area (Å²) in [5.41, 5.74) is 3.56. The lowest BCUT2D eigenvalue weighted by atomic mass is 10.2. The molecule has 1 N–H and O–H groups in total. The Morgan fingerprint density at radius 3 is 2.79 bits per heavy atom. The first-order valence-corrected chi connectivity index (χ1v) is 6.29. The van der Waals surface area contributed by atoms with Gasteiger partial charge in [-0.15, -0.1) is 11.3 Å². The van der Waals surface area contributed by atoms with Crippen LogP contribution in [0.5, 0.6) is 0 Å². The van der Waals surface area contributed by atoms with Crippen molar-refractivity contribution >= 4 is 11.3 Å². The van der Waals surface area contributed by atoms with E-state index in [2.05, 4.69) is 34.9 Å². The van der Waals surface area contributed by atoms with Crippen molar-refractivity contribution in [2.24, 2.45) is 0 Å². The zero-order chi connectivity index (χ0) is 9.80. The molecule has 2 rings (SSSR count). The highest BCUT2D eigenvalue weighted by molar-refractivity contribution is 7.10. The Balaban J connectivity index is 1.84. The first-order chi connectivity index (χ1) is 6.86. The van der Waals surface area contributed by atoms with Gasteiger partial charge in [-0.25, -0.2) is 10.4 Å². The van der Waals surface area contributed by atoms with Gasteiger partial charge in [-0.3, -0.25) is 0 Å². The molecule has 0 spiro atoms. The topological polar surface area (TPSA) is 15.3 Å². The molecule has 1 fully saturated rings. The van der Waals surface area contributed by atoms with Gasteiger partial charge in [0, 0.05) is 18.0 Å². The SMILES string of the molecule is CC(NN1CCCCC1)c1cccs1. The third-order valence-electron chi connectivity index (χ3n) is 2.70. The van der Waals surface area contributed by atoms with Crippen LogP contribution in [0.4, 0.5) is 0 Å². The van der Waals surface area contributed by atoms with Crippen LogP contribution in [0.3, 0.4) is 0 Å². The smallest absolute Gasteiger partial charge is 0.0529 e. The minimum Gasteiger partial charge on any atom is -0.247 e. The van der Waals surface area contributed by atoms with E-state index in [1.807, 2.05) is 11.3 Å². The summed E-state index contributed by atoms with van der Waals surface area (Å²) in [4.78, 5) is 1.43. The fraction of sp³-hybridized carbons (Fsp3) is 0.636. The maximum atomic E-state index is 3.56. The number of hydrazine groups is 1. The zero-order valence-electron chi connectivity index (χ0n) is 8.70. The van der Waals surface area contributed by atoms with Crippen LogP contribution in [0, 0.1) is 0 Å².